The molecule has 236 valence electrons. The van der Waals surface area contributed by atoms with Crippen LogP contribution in [0.25, 0.3) is 0 Å². The van der Waals surface area contributed by atoms with E-state index in [0.717, 1.165) is 24.1 Å². The van der Waals surface area contributed by atoms with Crippen molar-refractivity contribution >= 4 is 11.6 Å². The van der Waals surface area contributed by atoms with E-state index in [4.69, 9.17) is 9.47 Å². The van der Waals surface area contributed by atoms with Crippen LogP contribution in [0.3, 0.4) is 0 Å². The molecule has 4 aliphatic carbocycles. The lowest BCUT2D eigenvalue weighted by Crippen LogP contribution is -2.76. The lowest BCUT2D eigenvalue weighted by atomic mass is 9.49. The molecule has 9 atom stereocenters. The molecule has 0 unspecified atom stereocenters. The standard InChI is InChI=1S/C17H17NO5.C17H19NO4/c1-18-7-6-16-11-8-2-3-9(19)13(11)23-15(16)10(20)4-5-17(16,22)14(18)12(8)21;1-18-7-6-16-13-9-2-3-10(19)14(13)22-15(16)11(20)4-5-17(16,21)12(18)8-9/h2-5,10,14-15,19-20,22H,6-7H2,1H3;2-3,12,15,19,21H,4-8H2,1H3/t10-,14+,15-,16-,17+;12-,15+,16+,17-/m01/s1. The smallest absolute Gasteiger partial charge is 0.183 e. The van der Waals surface area contributed by atoms with Crippen LogP contribution in [0.2, 0.25) is 0 Å². The van der Waals surface area contributed by atoms with Crippen molar-refractivity contribution < 1.29 is 44.6 Å². The Bertz CT molecular complexity index is 1760. The molecule has 2 saturated heterocycles. The zero-order valence-corrected chi connectivity index (χ0v) is 25.1. The van der Waals surface area contributed by atoms with Gasteiger partial charge in [-0.3, -0.25) is 14.5 Å². The Balaban J connectivity index is 0.000000125. The van der Waals surface area contributed by atoms with Gasteiger partial charge in [-0.2, -0.15) is 0 Å². The predicted molar refractivity (Wildman–Crippen MR) is 158 cm³/mol. The highest BCUT2D eigenvalue weighted by molar-refractivity contribution is 6.06. The highest BCUT2D eigenvalue weighted by atomic mass is 16.5. The first kappa shape index (κ1) is 27.8. The summed E-state index contributed by atoms with van der Waals surface area (Å²) in [4.78, 5) is 29.6. The topological polar surface area (TPSA) is 160 Å². The van der Waals surface area contributed by atoms with Crippen molar-refractivity contribution in [3.8, 4) is 23.0 Å². The number of benzene rings is 2. The number of ether oxygens (including phenoxy) is 2. The minimum Gasteiger partial charge on any atom is -0.504 e. The third-order valence-corrected chi connectivity index (χ3v) is 12.6. The van der Waals surface area contributed by atoms with Gasteiger partial charge in [0.2, 0.25) is 0 Å². The van der Waals surface area contributed by atoms with Crippen LogP contribution in [0, 0.1) is 0 Å². The van der Waals surface area contributed by atoms with Gasteiger partial charge >= 0.3 is 0 Å². The van der Waals surface area contributed by atoms with E-state index >= 15 is 0 Å². The third-order valence-electron chi connectivity index (χ3n) is 12.6. The van der Waals surface area contributed by atoms with E-state index in [2.05, 4.69) is 4.90 Å². The molecular weight excluding hydrogens is 580 g/mol. The fraction of sp³-hybridized carbons (Fsp3) is 0.529. The minimum absolute atomic E-state index is 0.00319. The maximum atomic E-state index is 13.0. The van der Waals surface area contributed by atoms with Crippen LogP contribution in [0.1, 0.15) is 52.7 Å². The molecule has 0 aromatic heterocycles. The molecule has 4 heterocycles. The number of Topliss-reactive ketones (excluding diaryl/α,β-unsaturated/α-hetero) is 2. The number of ketones is 2. The number of phenols is 2. The van der Waals surface area contributed by atoms with Crippen LogP contribution < -0.4 is 9.47 Å². The van der Waals surface area contributed by atoms with Crippen molar-refractivity contribution in [3.63, 3.8) is 0 Å². The van der Waals surface area contributed by atoms with E-state index in [1.165, 1.54) is 12.1 Å². The molecule has 8 aliphatic rings. The fourth-order valence-electron chi connectivity index (χ4n) is 10.7. The average Bonchev–Trinajstić information content (AvgIpc) is 3.55. The summed E-state index contributed by atoms with van der Waals surface area (Å²) in [5.41, 5.74) is -0.954. The second-order valence-corrected chi connectivity index (χ2v) is 14.3. The largest absolute Gasteiger partial charge is 0.504 e. The number of likely N-dealkylation sites (tertiary alicyclic amines) is 2. The van der Waals surface area contributed by atoms with E-state index in [1.54, 1.807) is 18.2 Å². The van der Waals surface area contributed by atoms with E-state index < -0.39 is 46.4 Å². The van der Waals surface area contributed by atoms with Crippen LogP contribution in [0.15, 0.2) is 36.4 Å². The van der Waals surface area contributed by atoms with Crippen molar-refractivity contribution in [2.24, 2.45) is 0 Å². The summed E-state index contributed by atoms with van der Waals surface area (Å²) in [5, 5.41) is 54.0. The number of aliphatic hydroxyl groups excluding tert-OH is 1. The molecule has 2 aromatic rings. The Morgan fingerprint density at radius 1 is 0.867 bits per heavy atom. The number of likely N-dealkylation sites (N-methyl/N-ethyl adjacent to an activating group) is 2. The number of nitrogens with zero attached hydrogens (tertiary/aromatic N) is 2. The number of carbonyl (C=O) groups is 2. The van der Waals surface area contributed by atoms with E-state index in [0.29, 0.717) is 49.1 Å². The van der Waals surface area contributed by atoms with Gasteiger partial charge < -0.3 is 39.9 Å². The summed E-state index contributed by atoms with van der Waals surface area (Å²) in [5.74, 6) is 0.551. The first-order valence-electron chi connectivity index (χ1n) is 15.8. The van der Waals surface area contributed by atoms with Gasteiger partial charge in [0.05, 0.1) is 16.4 Å². The van der Waals surface area contributed by atoms with E-state index in [1.807, 2.05) is 25.1 Å². The quantitative estimate of drug-likeness (QED) is 0.265. The van der Waals surface area contributed by atoms with Crippen molar-refractivity contribution in [1.82, 2.24) is 9.80 Å². The lowest BCUT2D eigenvalue weighted by molar-refractivity contribution is -0.185. The molecule has 2 spiro atoms. The summed E-state index contributed by atoms with van der Waals surface area (Å²) in [7, 11) is 3.87. The van der Waals surface area contributed by atoms with Gasteiger partial charge in [0.25, 0.3) is 0 Å². The number of hydrogen-bond donors (Lipinski definition) is 5. The second-order valence-electron chi connectivity index (χ2n) is 14.3. The summed E-state index contributed by atoms with van der Waals surface area (Å²) in [6, 6.07) is 5.90. The van der Waals surface area contributed by atoms with Crippen molar-refractivity contribution in [3.05, 3.63) is 58.7 Å². The molecule has 10 rings (SSSR count). The van der Waals surface area contributed by atoms with Crippen LogP contribution in [-0.2, 0) is 22.0 Å². The van der Waals surface area contributed by atoms with Gasteiger partial charge in [-0.15, -0.1) is 0 Å². The van der Waals surface area contributed by atoms with E-state index in [-0.39, 0.29) is 34.9 Å². The number of rotatable bonds is 0. The number of aliphatic hydroxyl groups is 3. The number of aromatic hydroxyl groups is 2. The minimum atomic E-state index is -1.45. The first-order chi connectivity index (χ1) is 21.4. The summed E-state index contributed by atoms with van der Waals surface area (Å²) >= 11 is 0. The lowest BCUT2D eigenvalue weighted by Gasteiger charge is -2.61. The van der Waals surface area contributed by atoms with Crippen LogP contribution in [0.5, 0.6) is 23.0 Å². The Hall–Kier alpha value is -3.48. The Morgan fingerprint density at radius 3 is 2.33 bits per heavy atom. The van der Waals surface area contributed by atoms with E-state index in [9.17, 15) is 35.1 Å². The molecule has 11 nitrogen and oxygen atoms in total. The number of hydrogen-bond acceptors (Lipinski definition) is 11. The number of piperidine rings is 2. The maximum Gasteiger partial charge on any atom is 0.183 e. The number of phenolic OH excluding ortho intramolecular Hbond substituents is 2. The molecule has 11 heteroatoms. The second kappa shape index (κ2) is 8.45. The van der Waals surface area contributed by atoms with Gasteiger partial charge in [-0.25, -0.2) is 0 Å². The molecule has 3 fully saturated rings. The Labute approximate surface area is 259 Å². The highest BCUT2D eigenvalue weighted by Crippen LogP contribution is 2.65. The normalized spacial score (nSPS) is 42.6. The molecule has 1 saturated carbocycles. The average molecular weight is 617 g/mol. The van der Waals surface area contributed by atoms with Crippen LogP contribution in [-0.4, -0.2) is 116 Å². The summed E-state index contributed by atoms with van der Waals surface area (Å²) < 4.78 is 11.8. The van der Waals surface area contributed by atoms with Crippen molar-refractivity contribution in [2.75, 3.05) is 27.2 Å². The highest BCUT2D eigenvalue weighted by Gasteiger charge is 2.74. The molecule has 2 aromatic carbocycles. The van der Waals surface area contributed by atoms with Gasteiger partial charge in [0.15, 0.2) is 40.7 Å². The maximum absolute atomic E-state index is 13.0. The van der Waals surface area contributed by atoms with Crippen LogP contribution in [0.4, 0.5) is 0 Å². The molecular formula is C34H36N2O9. The fourth-order valence-corrected chi connectivity index (χ4v) is 10.7. The summed E-state index contributed by atoms with van der Waals surface area (Å²) in [6.07, 6.45) is 3.60. The SMILES string of the molecule is CN1CC[C@]23c4c5ccc(O)c4O[C@H]2C(=O)CC[C@@]3(O)[C@H]1C5.CN1CC[C@]23c4c5ccc(O)c4O[C@H]2[C@@H](O)C=C[C@@]3(O)[C@H]1C5=O. The number of carbonyl (C=O) groups excluding carboxylic acids is 2. The molecule has 0 amide bonds. The monoisotopic (exact) mass is 616 g/mol. The molecule has 5 N–H and O–H groups in total. The predicted octanol–water partition coefficient (Wildman–Crippen LogP) is 0.698. The van der Waals surface area contributed by atoms with Gasteiger partial charge in [0.1, 0.15) is 23.9 Å². The summed E-state index contributed by atoms with van der Waals surface area (Å²) in [6.45, 7) is 1.43. The van der Waals surface area contributed by atoms with Gasteiger partial charge in [0, 0.05) is 29.2 Å². The zero-order valence-electron chi connectivity index (χ0n) is 25.1. The molecule has 4 aliphatic heterocycles. The first-order valence-corrected chi connectivity index (χ1v) is 15.8. The van der Waals surface area contributed by atoms with Crippen molar-refractivity contribution in [2.45, 2.75) is 84.5 Å². The van der Waals surface area contributed by atoms with Crippen molar-refractivity contribution in [1.29, 1.82) is 0 Å². The van der Waals surface area contributed by atoms with Gasteiger partial charge in [-0.1, -0.05) is 18.2 Å². The molecule has 4 bridgehead atoms. The Kier molecular flexibility index (Phi) is 5.22. The van der Waals surface area contributed by atoms with Gasteiger partial charge in [-0.05, 0) is 76.6 Å². The molecule has 0 radical (unpaired) electrons. The zero-order chi connectivity index (χ0) is 31.4. The van der Waals surface area contributed by atoms with Crippen LogP contribution >= 0.6 is 0 Å². The molecule has 45 heavy (non-hydrogen) atoms. The third kappa shape index (κ3) is 2.88. The Morgan fingerprint density at radius 2 is 1.56 bits per heavy atom.